The first-order valence-corrected chi connectivity index (χ1v) is 9.65. The Morgan fingerprint density at radius 2 is 2.00 bits per heavy atom. The molecule has 2 saturated heterocycles. The molecule has 0 spiro atoms. The maximum Gasteiger partial charge on any atom is 0.410 e. The van der Waals surface area contributed by atoms with Crippen molar-refractivity contribution in [1.82, 2.24) is 9.80 Å². The molecule has 1 aromatic carbocycles. The van der Waals surface area contributed by atoms with Gasteiger partial charge in [0.05, 0.1) is 24.3 Å². The lowest BCUT2D eigenvalue weighted by Gasteiger charge is -2.44. The molecule has 2 aliphatic rings. The Kier molecular flexibility index (Phi) is 6.21. The van der Waals surface area contributed by atoms with Gasteiger partial charge >= 0.3 is 12.1 Å². The van der Waals surface area contributed by atoms with Crippen LogP contribution >= 0.6 is 0 Å². The van der Waals surface area contributed by atoms with Gasteiger partial charge in [0.15, 0.2) is 0 Å². The number of hydrogen-bond donors (Lipinski definition) is 0. The smallest absolute Gasteiger partial charge is 0.410 e. The van der Waals surface area contributed by atoms with E-state index in [4.69, 9.17) is 14.2 Å². The predicted octanol–water partition coefficient (Wildman–Crippen LogP) is 2.55. The highest BCUT2D eigenvalue weighted by molar-refractivity contribution is 5.89. The Bertz CT molecular complexity index is 663. The fourth-order valence-electron chi connectivity index (χ4n) is 3.72. The largest absolute Gasteiger partial charge is 0.494 e. The number of benzene rings is 1. The van der Waals surface area contributed by atoms with Crippen LogP contribution in [0.15, 0.2) is 24.3 Å². The second kappa shape index (κ2) is 8.61. The van der Waals surface area contributed by atoms with Crippen molar-refractivity contribution in [2.75, 3.05) is 46.0 Å². The van der Waals surface area contributed by atoms with Crippen LogP contribution in [0.3, 0.4) is 0 Å². The first-order chi connectivity index (χ1) is 13.1. The number of carbonyl (C=O) groups excluding carboxylic acids is 2. The van der Waals surface area contributed by atoms with Crippen molar-refractivity contribution in [3.63, 3.8) is 0 Å². The molecule has 148 valence electrons. The van der Waals surface area contributed by atoms with Crippen LogP contribution in [0.4, 0.5) is 4.79 Å². The van der Waals surface area contributed by atoms with E-state index in [0.29, 0.717) is 25.4 Å². The summed E-state index contributed by atoms with van der Waals surface area (Å²) in [7, 11) is 0. The number of nitrogens with zero attached hydrogens (tertiary/aromatic N) is 2. The molecule has 2 aliphatic heterocycles. The van der Waals surface area contributed by atoms with Gasteiger partial charge in [-0.3, -0.25) is 9.80 Å². The number of amides is 1. The lowest BCUT2D eigenvalue weighted by atomic mass is 9.93. The molecule has 0 saturated carbocycles. The molecule has 1 atom stereocenters. The highest BCUT2D eigenvalue weighted by atomic mass is 16.6. The quantitative estimate of drug-likeness (QED) is 0.513. The van der Waals surface area contributed by atoms with Gasteiger partial charge in [-0.2, -0.15) is 0 Å². The fraction of sp³-hybridized carbons (Fsp3) is 0.600. The summed E-state index contributed by atoms with van der Waals surface area (Å²) in [6, 6.07) is 7.01. The predicted molar refractivity (Wildman–Crippen MR) is 100 cm³/mol. The van der Waals surface area contributed by atoms with E-state index in [2.05, 4.69) is 11.8 Å². The molecule has 0 aromatic heterocycles. The van der Waals surface area contributed by atoms with E-state index in [1.54, 1.807) is 31.2 Å². The molecule has 1 unspecified atom stereocenters. The first kappa shape index (κ1) is 19.5. The van der Waals surface area contributed by atoms with Crippen LogP contribution < -0.4 is 4.74 Å². The number of rotatable bonds is 8. The average Bonchev–Trinajstić information content (AvgIpc) is 3.03. The number of carbonyl (C=O) groups is 2. The Morgan fingerprint density at radius 1 is 1.22 bits per heavy atom. The summed E-state index contributed by atoms with van der Waals surface area (Å²) in [5, 5.41) is 0. The minimum absolute atomic E-state index is 0.168. The number of hydrogen-bond acceptors (Lipinski definition) is 6. The Labute approximate surface area is 160 Å². The van der Waals surface area contributed by atoms with E-state index in [-0.39, 0.29) is 17.6 Å². The molecule has 1 aromatic rings. The summed E-state index contributed by atoms with van der Waals surface area (Å²) < 4.78 is 16.0. The van der Waals surface area contributed by atoms with Crippen LogP contribution in [0.5, 0.6) is 5.75 Å². The van der Waals surface area contributed by atoms with Gasteiger partial charge in [-0.1, -0.05) is 6.92 Å². The van der Waals surface area contributed by atoms with Gasteiger partial charge < -0.3 is 14.2 Å². The highest BCUT2D eigenvalue weighted by Gasteiger charge is 2.49. The van der Waals surface area contributed by atoms with Gasteiger partial charge in [0, 0.05) is 26.2 Å². The minimum Gasteiger partial charge on any atom is -0.494 e. The summed E-state index contributed by atoms with van der Waals surface area (Å²) in [5.74, 6) is 0.426. The number of fused-ring (bicyclic) bond motifs is 1. The molecule has 0 N–H and O–H groups in total. The van der Waals surface area contributed by atoms with Crippen molar-refractivity contribution < 1.29 is 23.8 Å². The van der Waals surface area contributed by atoms with Crippen LogP contribution in [-0.4, -0.2) is 73.4 Å². The highest BCUT2D eigenvalue weighted by Crippen LogP contribution is 2.31. The van der Waals surface area contributed by atoms with E-state index in [1.165, 1.54) is 0 Å². The SMILES string of the molecule is CCOC(=O)c1ccc(OCCCN2CCN3C(=O)OCC3(CC)C2)cc1. The molecule has 2 heterocycles. The van der Waals surface area contributed by atoms with E-state index in [9.17, 15) is 9.59 Å². The first-order valence-electron chi connectivity index (χ1n) is 9.65. The van der Waals surface area contributed by atoms with Crippen molar-refractivity contribution in [1.29, 1.82) is 0 Å². The van der Waals surface area contributed by atoms with Crippen LogP contribution in [0.2, 0.25) is 0 Å². The van der Waals surface area contributed by atoms with E-state index in [0.717, 1.165) is 44.8 Å². The summed E-state index contributed by atoms with van der Waals surface area (Å²) in [5.41, 5.74) is 0.360. The van der Waals surface area contributed by atoms with Gasteiger partial charge in [-0.15, -0.1) is 0 Å². The molecule has 0 aliphatic carbocycles. The molecule has 2 fully saturated rings. The van der Waals surface area contributed by atoms with E-state index in [1.807, 2.05) is 4.90 Å². The van der Waals surface area contributed by atoms with Gasteiger partial charge in [0.2, 0.25) is 0 Å². The van der Waals surface area contributed by atoms with Crippen LogP contribution in [-0.2, 0) is 9.47 Å². The summed E-state index contributed by atoms with van der Waals surface area (Å²) in [6.45, 7) is 8.72. The molecular formula is C20H28N2O5. The maximum atomic E-state index is 11.8. The second-order valence-electron chi connectivity index (χ2n) is 7.01. The fourth-order valence-corrected chi connectivity index (χ4v) is 3.72. The molecule has 1 amide bonds. The number of piperazine rings is 1. The molecule has 0 bridgehead atoms. The zero-order chi connectivity index (χ0) is 19.3. The monoisotopic (exact) mass is 376 g/mol. The maximum absolute atomic E-state index is 11.8. The number of esters is 1. The van der Waals surface area contributed by atoms with Crippen molar-refractivity contribution in [2.24, 2.45) is 0 Å². The third kappa shape index (κ3) is 4.35. The Morgan fingerprint density at radius 3 is 2.70 bits per heavy atom. The Balaban J connectivity index is 1.42. The van der Waals surface area contributed by atoms with Gasteiger partial charge in [0.1, 0.15) is 12.4 Å². The van der Waals surface area contributed by atoms with Crippen molar-refractivity contribution >= 4 is 12.1 Å². The molecular weight excluding hydrogens is 348 g/mol. The zero-order valence-corrected chi connectivity index (χ0v) is 16.1. The summed E-state index contributed by atoms with van der Waals surface area (Å²) in [6.07, 6.45) is 1.62. The van der Waals surface area contributed by atoms with E-state index < -0.39 is 0 Å². The third-order valence-electron chi connectivity index (χ3n) is 5.33. The summed E-state index contributed by atoms with van der Waals surface area (Å²) in [4.78, 5) is 27.8. The minimum atomic E-state index is -0.317. The zero-order valence-electron chi connectivity index (χ0n) is 16.1. The van der Waals surface area contributed by atoms with Crippen molar-refractivity contribution in [3.8, 4) is 5.75 Å². The third-order valence-corrected chi connectivity index (χ3v) is 5.33. The molecule has 7 nitrogen and oxygen atoms in total. The van der Waals surface area contributed by atoms with Crippen LogP contribution in [0.1, 0.15) is 37.0 Å². The van der Waals surface area contributed by atoms with Gasteiger partial charge in [-0.05, 0) is 44.0 Å². The van der Waals surface area contributed by atoms with Gasteiger partial charge in [-0.25, -0.2) is 9.59 Å². The summed E-state index contributed by atoms with van der Waals surface area (Å²) >= 11 is 0. The topological polar surface area (TPSA) is 68.3 Å². The number of ether oxygens (including phenoxy) is 3. The second-order valence-corrected chi connectivity index (χ2v) is 7.01. The average molecular weight is 376 g/mol. The Hall–Kier alpha value is -2.28. The standard InChI is InChI=1S/C20H28N2O5/c1-3-20-14-21(11-12-22(20)19(24)27-15-20)10-5-13-26-17-8-6-16(7-9-17)18(23)25-4-2/h6-9H,3-5,10-15H2,1-2H3. The van der Waals surface area contributed by atoms with Crippen molar-refractivity contribution in [2.45, 2.75) is 32.2 Å². The van der Waals surface area contributed by atoms with Gasteiger partial charge in [0.25, 0.3) is 0 Å². The normalized spacial score (nSPS) is 22.3. The molecule has 3 rings (SSSR count). The number of cyclic esters (lactones) is 1. The van der Waals surface area contributed by atoms with Crippen LogP contribution in [0.25, 0.3) is 0 Å². The molecule has 7 heteroatoms. The van der Waals surface area contributed by atoms with E-state index >= 15 is 0 Å². The molecule has 0 radical (unpaired) electrons. The molecule has 27 heavy (non-hydrogen) atoms. The van der Waals surface area contributed by atoms with Crippen LogP contribution in [0, 0.1) is 0 Å². The lowest BCUT2D eigenvalue weighted by molar-refractivity contribution is 0.0465. The lowest BCUT2D eigenvalue weighted by Crippen LogP contribution is -2.61. The van der Waals surface area contributed by atoms with Crippen molar-refractivity contribution in [3.05, 3.63) is 29.8 Å².